The van der Waals surface area contributed by atoms with Gasteiger partial charge in [0.15, 0.2) is 0 Å². The zero-order valence-corrected chi connectivity index (χ0v) is 9.03. The first-order valence-electron chi connectivity index (χ1n) is 4.67. The summed E-state index contributed by atoms with van der Waals surface area (Å²) in [6, 6.07) is 7.55. The first-order chi connectivity index (χ1) is 7.25. The number of pyridine rings is 1. The van der Waals surface area contributed by atoms with Gasteiger partial charge in [-0.2, -0.15) is 0 Å². The lowest BCUT2D eigenvalue weighted by Crippen LogP contribution is -2.05. The quantitative estimate of drug-likeness (QED) is 0.808. The summed E-state index contributed by atoms with van der Waals surface area (Å²) in [5.41, 5.74) is 0.930. The molecule has 0 radical (unpaired) electrons. The second kappa shape index (κ2) is 4.36. The Morgan fingerprint density at radius 1 is 1.47 bits per heavy atom. The molecule has 0 saturated heterocycles. The molecule has 3 nitrogen and oxygen atoms in total. The SMILES string of the molecule is CC(Nc1ccnc(Cl)c1)c1ccco1. The second-order valence-corrected chi connectivity index (χ2v) is 3.64. The molecule has 0 saturated carbocycles. The number of halogens is 1. The van der Waals surface area contributed by atoms with Crippen LogP contribution in [0.4, 0.5) is 5.69 Å². The lowest BCUT2D eigenvalue weighted by Gasteiger charge is -2.12. The van der Waals surface area contributed by atoms with Gasteiger partial charge in [0, 0.05) is 11.9 Å². The van der Waals surface area contributed by atoms with Crippen LogP contribution in [0.15, 0.2) is 41.1 Å². The van der Waals surface area contributed by atoms with Crippen molar-refractivity contribution in [1.82, 2.24) is 4.98 Å². The molecule has 0 aromatic carbocycles. The molecule has 0 spiro atoms. The third-order valence-corrected chi connectivity index (χ3v) is 2.29. The maximum absolute atomic E-state index is 5.78. The summed E-state index contributed by atoms with van der Waals surface area (Å²) in [6.07, 6.45) is 3.33. The van der Waals surface area contributed by atoms with Crippen LogP contribution >= 0.6 is 11.6 Å². The predicted octanol–water partition coefficient (Wildman–Crippen LogP) is 3.50. The van der Waals surface area contributed by atoms with Crippen molar-refractivity contribution in [3.8, 4) is 0 Å². The van der Waals surface area contributed by atoms with E-state index in [1.54, 1.807) is 18.5 Å². The van der Waals surface area contributed by atoms with Gasteiger partial charge in [0.1, 0.15) is 10.9 Å². The Kier molecular flexibility index (Phi) is 2.92. The number of anilines is 1. The van der Waals surface area contributed by atoms with Crippen LogP contribution in [0.25, 0.3) is 0 Å². The van der Waals surface area contributed by atoms with E-state index < -0.39 is 0 Å². The summed E-state index contributed by atoms with van der Waals surface area (Å²) in [6.45, 7) is 2.02. The average molecular weight is 223 g/mol. The summed E-state index contributed by atoms with van der Waals surface area (Å²) >= 11 is 5.78. The van der Waals surface area contributed by atoms with E-state index in [9.17, 15) is 0 Å². The highest BCUT2D eigenvalue weighted by Crippen LogP contribution is 2.20. The first-order valence-corrected chi connectivity index (χ1v) is 5.05. The van der Waals surface area contributed by atoms with Crippen LogP contribution in [-0.2, 0) is 0 Å². The smallest absolute Gasteiger partial charge is 0.131 e. The van der Waals surface area contributed by atoms with E-state index in [4.69, 9.17) is 16.0 Å². The van der Waals surface area contributed by atoms with Crippen LogP contribution in [0.1, 0.15) is 18.7 Å². The number of hydrogen-bond acceptors (Lipinski definition) is 3. The maximum Gasteiger partial charge on any atom is 0.131 e. The fraction of sp³-hybridized carbons (Fsp3) is 0.182. The minimum atomic E-state index is 0.110. The van der Waals surface area contributed by atoms with E-state index >= 15 is 0 Å². The Morgan fingerprint density at radius 2 is 2.33 bits per heavy atom. The highest BCUT2D eigenvalue weighted by molar-refractivity contribution is 6.29. The molecule has 2 rings (SSSR count). The molecular formula is C11H11ClN2O. The van der Waals surface area contributed by atoms with Gasteiger partial charge in [-0.3, -0.25) is 0 Å². The van der Waals surface area contributed by atoms with Gasteiger partial charge in [0.25, 0.3) is 0 Å². The number of hydrogen-bond donors (Lipinski definition) is 1. The average Bonchev–Trinajstić information content (AvgIpc) is 2.70. The third kappa shape index (κ3) is 2.50. The van der Waals surface area contributed by atoms with Crippen molar-refractivity contribution in [3.05, 3.63) is 47.6 Å². The molecule has 1 N–H and O–H groups in total. The van der Waals surface area contributed by atoms with Gasteiger partial charge in [-0.15, -0.1) is 0 Å². The fourth-order valence-electron chi connectivity index (χ4n) is 1.35. The maximum atomic E-state index is 5.78. The predicted molar refractivity (Wildman–Crippen MR) is 60.0 cm³/mol. The second-order valence-electron chi connectivity index (χ2n) is 3.25. The summed E-state index contributed by atoms with van der Waals surface area (Å²) in [5, 5.41) is 3.75. The van der Waals surface area contributed by atoms with Gasteiger partial charge in [-0.1, -0.05) is 11.6 Å². The van der Waals surface area contributed by atoms with Crippen LogP contribution in [0, 0.1) is 0 Å². The van der Waals surface area contributed by atoms with E-state index in [1.807, 2.05) is 25.1 Å². The standard InChI is InChI=1S/C11H11ClN2O/c1-8(10-3-2-6-15-10)14-9-4-5-13-11(12)7-9/h2-8H,1H3,(H,13,14). The number of furan rings is 1. The largest absolute Gasteiger partial charge is 0.467 e. The van der Waals surface area contributed by atoms with Crippen molar-refractivity contribution in [2.75, 3.05) is 5.32 Å². The van der Waals surface area contributed by atoms with Gasteiger partial charge >= 0.3 is 0 Å². The molecule has 78 valence electrons. The van der Waals surface area contributed by atoms with Crippen molar-refractivity contribution >= 4 is 17.3 Å². The lowest BCUT2D eigenvalue weighted by atomic mass is 10.2. The first kappa shape index (κ1) is 10.1. The van der Waals surface area contributed by atoms with E-state index in [0.29, 0.717) is 5.15 Å². The van der Waals surface area contributed by atoms with Crippen molar-refractivity contribution < 1.29 is 4.42 Å². The Morgan fingerprint density at radius 3 is 3.00 bits per heavy atom. The minimum absolute atomic E-state index is 0.110. The third-order valence-electron chi connectivity index (χ3n) is 2.08. The van der Waals surface area contributed by atoms with Crippen LogP contribution < -0.4 is 5.32 Å². The van der Waals surface area contributed by atoms with Gasteiger partial charge in [0.2, 0.25) is 0 Å². The Balaban J connectivity index is 2.09. The van der Waals surface area contributed by atoms with Crippen LogP contribution in [0.3, 0.4) is 0 Å². The van der Waals surface area contributed by atoms with Crippen molar-refractivity contribution in [2.24, 2.45) is 0 Å². The Hall–Kier alpha value is -1.48. The van der Waals surface area contributed by atoms with Crippen LogP contribution in [-0.4, -0.2) is 4.98 Å². The molecule has 0 fully saturated rings. The topological polar surface area (TPSA) is 38.1 Å². The normalized spacial score (nSPS) is 12.4. The molecular weight excluding hydrogens is 212 g/mol. The van der Waals surface area contributed by atoms with Crippen LogP contribution in [0.5, 0.6) is 0 Å². The van der Waals surface area contributed by atoms with Crippen LogP contribution in [0.2, 0.25) is 5.15 Å². The van der Waals surface area contributed by atoms with Gasteiger partial charge in [-0.05, 0) is 31.2 Å². The molecule has 2 aromatic heterocycles. The zero-order valence-electron chi connectivity index (χ0n) is 8.27. The molecule has 2 aromatic rings. The molecule has 0 bridgehead atoms. The van der Waals surface area contributed by atoms with Gasteiger partial charge in [-0.25, -0.2) is 4.98 Å². The monoisotopic (exact) mass is 222 g/mol. The lowest BCUT2D eigenvalue weighted by molar-refractivity contribution is 0.490. The Bertz CT molecular complexity index is 428. The molecule has 1 unspecified atom stereocenters. The van der Waals surface area contributed by atoms with E-state index in [1.165, 1.54) is 0 Å². The van der Waals surface area contributed by atoms with Gasteiger partial charge in [0.05, 0.1) is 12.3 Å². The highest BCUT2D eigenvalue weighted by Gasteiger charge is 2.07. The molecule has 0 amide bonds. The van der Waals surface area contributed by atoms with E-state index in [-0.39, 0.29) is 6.04 Å². The summed E-state index contributed by atoms with van der Waals surface area (Å²) < 4.78 is 5.29. The van der Waals surface area contributed by atoms with Crippen molar-refractivity contribution in [3.63, 3.8) is 0 Å². The number of aromatic nitrogens is 1. The molecule has 0 aliphatic carbocycles. The number of nitrogens with one attached hydrogen (secondary N) is 1. The Labute approximate surface area is 93.1 Å². The van der Waals surface area contributed by atoms with Crippen molar-refractivity contribution in [1.29, 1.82) is 0 Å². The summed E-state index contributed by atoms with van der Waals surface area (Å²) in [4.78, 5) is 3.91. The molecule has 2 heterocycles. The molecule has 4 heteroatoms. The van der Waals surface area contributed by atoms with E-state index in [0.717, 1.165) is 11.4 Å². The molecule has 0 aliphatic heterocycles. The van der Waals surface area contributed by atoms with Crippen molar-refractivity contribution in [2.45, 2.75) is 13.0 Å². The van der Waals surface area contributed by atoms with E-state index in [2.05, 4.69) is 10.3 Å². The summed E-state index contributed by atoms with van der Waals surface area (Å²) in [5.74, 6) is 0.892. The highest BCUT2D eigenvalue weighted by atomic mass is 35.5. The molecule has 1 atom stereocenters. The summed E-state index contributed by atoms with van der Waals surface area (Å²) in [7, 11) is 0. The zero-order chi connectivity index (χ0) is 10.7. The fourth-order valence-corrected chi connectivity index (χ4v) is 1.52. The number of nitrogens with zero attached hydrogens (tertiary/aromatic N) is 1. The number of rotatable bonds is 3. The van der Waals surface area contributed by atoms with Gasteiger partial charge < -0.3 is 9.73 Å². The molecule has 15 heavy (non-hydrogen) atoms. The molecule has 0 aliphatic rings. The minimum Gasteiger partial charge on any atom is -0.467 e.